The van der Waals surface area contributed by atoms with E-state index >= 15 is 0 Å². The average molecular weight is 591 g/mol. The van der Waals surface area contributed by atoms with Crippen molar-refractivity contribution in [2.24, 2.45) is 7.05 Å². The zero-order valence-electron chi connectivity index (χ0n) is 26.7. The minimum atomic E-state index is -0.508. The van der Waals surface area contributed by atoms with Gasteiger partial charge < -0.3 is 21.1 Å². The molecule has 0 saturated carbocycles. The predicted octanol–water partition coefficient (Wildman–Crippen LogP) is 5.06. The number of rotatable bonds is 5. The minimum Gasteiger partial charge on any atom is -0.444 e. The second-order valence-electron chi connectivity index (χ2n) is 12.7. The quantitative estimate of drug-likeness (QED) is 0.375. The lowest BCUT2D eigenvalue weighted by molar-refractivity contribution is 0.0477. The van der Waals surface area contributed by atoms with Crippen molar-refractivity contribution in [3.05, 3.63) is 52.8 Å². The van der Waals surface area contributed by atoms with Crippen molar-refractivity contribution in [1.29, 1.82) is 0 Å². The van der Waals surface area contributed by atoms with E-state index in [4.69, 9.17) is 10.5 Å². The van der Waals surface area contributed by atoms with Crippen molar-refractivity contribution >= 4 is 23.6 Å². The first-order chi connectivity index (χ1) is 20.3. The molecule has 0 atom stereocenters. The van der Waals surface area contributed by atoms with Crippen LogP contribution >= 0.6 is 0 Å². The van der Waals surface area contributed by atoms with E-state index in [-0.39, 0.29) is 29.4 Å². The van der Waals surface area contributed by atoms with E-state index in [2.05, 4.69) is 50.5 Å². The van der Waals surface area contributed by atoms with Crippen molar-refractivity contribution in [3.8, 4) is 11.4 Å². The number of piperidine rings is 1. The van der Waals surface area contributed by atoms with Gasteiger partial charge in [-0.3, -0.25) is 14.4 Å². The van der Waals surface area contributed by atoms with Crippen LogP contribution in [0.2, 0.25) is 0 Å². The molecule has 0 spiro atoms. The predicted molar refractivity (Wildman–Crippen MR) is 169 cm³/mol. The van der Waals surface area contributed by atoms with Gasteiger partial charge in [0.05, 0.1) is 11.4 Å². The number of nitrogens with two attached hydrogens (primary N) is 1. The fourth-order valence-corrected chi connectivity index (χ4v) is 5.82. The first-order valence-corrected chi connectivity index (χ1v) is 15.1. The lowest BCUT2D eigenvalue weighted by Gasteiger charge is -2.33. The number of fused-ring (bicyclic) bond motifs is 3. The van der Waals surface area contributed by atoms with Crippen LogP contribution in [0.3, 0.4) is 0 Å². The molecule has 5 rings (SSSR count). The molecule has 3 aromatic rings. The Balaban J connectivity index is 0.00000207. The monoisotopic (exact) mass is 590 g/mol. The summed E-state index contributed by atoms with van der Waals surface area (Å²) in [5.74, 6) is -0.0615. The Morgan fingerprint density at radius 3 is 2.53 bits per heavy atom. The number of amides is 2. The highest BCUT2D eigenvalue weighted by Crippen LogP contribution is 2.43. The van der Waals surface area contributed by atoms with Gasteiger partial charge >= 0.3 is 6.09 Å². The molecule has 1 aromatic carbocycles. The molecule has 4 N–H and O–H groups in total. The molecule has 11 heteroatoms. The maximum atomic E-state index is 13.6. The van der Waals surface area contributed by atoms with Gasteiger partial charge in [-0.1, -0.05) is 39.8 Å². The number of nitrogens with zero attached hydrogens (tertiary/aromatic N) is 5. The number of likely N-dealkylation sites (tertiary alicyclic amines) is 1. The van der Waals surface area contributed by atoms with Crippen molar-refractivity contribution < 1.29 is 14.3 Å². The fourth-order valence-electron chi connectivity index (χ4n) is 5.82. The van der Waals surface area contributed by atoms with E-state index in [0.29, 0.717) is 17.8 Å². The molecule has 11 nitrogen and oxygen atoms in total. The number of carbonyl (C=O) groups excluding carboxylic acids is 2. The Bertz CT molecular complexity index is 1470. The molecule has 0 unspecified atom stereocenters. The van der Waals surface area contributed by atoms with Gasteiger partial charge in [0.2, 0.25) is 5.95 Å². The van der Waals surface area contributed by atoms with Gasteiger partial charge in [0.25, 0.3) is 5.91 Å². The maximum absolute atomic E-state index is 13.6. The number of nitrogens with one attached hydrogen (secondary N) is 2. The lowest BCUT2D eigenvalue weighted by Crippen LogP contribution is -2.45. The number of nitrogen functional groups attached to an aromatic ring is 1. The number of alkyl carbamates (subject to hydrolysis) is 1. The van der Waals surface area contributed by atoms with E-state index in [0.717, 1.165) is 60.6 Å². The molecule has 2 amide bonds. The third kappa shape index (κ3) is 7.51. The number of ether oxygens (including phenoxy) is 1. The van der Waals surface area contributed by atoms with Crippen LogP contribution < -0.4 is 16.4 Å². The highest BCUT2D eigenvalue weighted by Gasteiger charge is 2.39. The average Bonchev–Trinajstić information content (AvgIpc) is 3.29. The Labute approximate surface area is 254 Å². The molecule has 1 aliphatic carbocycles. The van der Waals surface area contributed by atoms with Crippen molar-refractivity contribution in [1.82, 2.24) is 30.0 Å². The topological polar surface area (TPSA) is 140 Å². The molecule has 2 aromatic heterocycles. The third-order valence-corrected chi connectivity index (χ3v) is 7.58. The zero-order valence-corrected chi connectivity index (χ0v) is 26.7. The molecule has 232 valence electrons. The van der Waals surface area contributed by atoms with Gasteiger partial charge in [0.15, 0.2) is 5.69 Å². The summed E-state index contributed by atoms with van der Waals surface area (Å²) in [7, 11) is 1.83. The first kappa shape index (κ1) is 31.9. The van der Waals surface area contributed by atoms with E-state index in [1.807, 2.05) is 59.9 Å². The maximum Gasteiger partial charge on any atom is 0.407 e. The van der Waals surface area contributed by atoms with Gasteiger partial charge in [-0.05, 0) is 68.7 Å². The van der Waals surface area contributed by atoms with Crippen molar-refractivity contribution in [3.63, 3.8) is 0 Å². The Hall–Kier alpha value is -3.99. The highest BCUT2D eigenvalue weighted by atomic mass is 16.6. The number of aromatic nitrogens is 4. The van der Waals surface area contributed by atoms with Crippen LogP contribution in [0.1, 0.15) is 88.5 Å². The summed E-state index contributed by atoms with van der Waals surface area (Å²) in [5.41, 5.74) is 10.6. The SMILES string of the molecule is CC.Cn1nc(C(=O)Nc2cccc(CN3CCC(NC(=O)OC(C)(C)C)CC3)c2)c2c1-c1nc(N)ncc1CC2(C)C. The van der Waals surface area contributed by atoms with Crippen LogP contribution in [0.4, 0.5) is 16.4 Å². The molecule has 43 heavy (non-hydrogen) atoms. The summed E-state index contributed by atoms with van der Waals surface area (Å²) in [5, 5.41) is 10.7. The van der Waals surface area contributed by atoms with Crippen LogP contribution in [0.5, 0.6) is 0 Å². The van der Waals surface area contributed by atoms with Gasteiger partial charge in [-0.2, -0.15) is 5.10 Å². The number of hydrogen-bond donors (Lipinski definition) is 3. The van der Waals surface area contributed by atoms with E-state index < -0.39 is 5.60 Å². The third-order valence-electron chi connectivity index (χ3n) is 7.58. The molecular weight excluding hydrogens is 544 g/mol. The molecule has 3 heterocycles. The van der Waals surface area contributed by atoms with E-state index in [9.17, 15) is 9.59 Å². The van der Waals surface area contributed by atoms with Gasteiger partial charge in [0, 0.05) is 50.2 Å². The normalized spacial score (nSPS) is 16.3. The van der Waals surface area contributed by atoms with Gasteiger partial charge in [-0.25, -0.2) is 14.8 Å². The molecule has 2 aliphatic rings. The van der Waals surface area contributed by atoms with Crippen LogP contribution in [0.15, 0.2) is 30.5 Å². The molecule has 1 saturated heterocycles. The summed E-state index contributed by atoms with van der Waals surface area (Å²) < 4.78 is 7.11. The molecule has 0 radical (unpaired) electrons. The summed E-state index contributed by atoms with van der Waals surface area (Å²) in [6.45, 7) is 16.3. The molecular formula is C32H46N8O3. The first-order valence-electron chi connectivity index (χ1n) is 15.1. The lowest BCUT2D eigenvalue weighted by atomic mass is 9.73. The van der Waals surface area contributed by atoms with Gasteiger partial charge in [-0.15, -0.1) is 0 Å². The summed E-state index contributed by atoms with van der Waals surface area (Å²) in [6, 6.07) is 8.02. The van der Waals surface area contributed by atoms with E-state index in [1.165, 1.54) is 0 Å². The second-order valence-corrected chi connectivity index (χ2v) is 12.7. The van der Waals surface area contributed by atoms with Crippen molar-refractivity contribution in [2.75, 3.05) is 24.1 Å². The number of hydrogen-bond acceptors (Lipinski definition) is 8. The smallest absolute Gasteiger partial charge is 0.407 e. The number of aryl methyl sites for hydroxylation is 1. The molecule has 1 aliphatic heterocycles. The van der Waals surface area contributed by atoms with Crippen LogP contribution in [0, 0.1) is 0 Å². The fraction of sp³-hybridized carbons (Fsp3) is 0.531. The van der Waals surface area contributed by atoms with Crippen LogP contribution in [-0.2, 0) is 30.2 Å². The summed E-state index contributed by atoms with van der Waals surface area (Å²) in [6.07, 6.45) is 3.80. The number of benzene rings is 1. The second kappa shape index (κ2) is 12.7. The summed E-state index contributed by atoms with van der Waals surface area (Å²) >= 11 is 0. The number of anilines is 2. The molecule has 0 bridgehead atoms. The zero-order chi connectivity index (χ0) is 31.5. The van der Waals surface area contributed by atoms with E-state index in [1.54, 1.807) is 10.9 Å². The van der Waals surface area contributed by atoms with Crippen LogP contribution in [-0.4, -0.2) is 61.4 Å². The Morgan fingerprint density at radius 1 is 1.16 bits per heavy atom. The van der Waals surface area contributed by atoms with Crippen molar-refractivity contribution in [2.45, 2.75) is 91.3 Å². The van der Waals surface area contributed by atoms with Gasteiger partial charge in [0.1, 0.15) is 5.60 Å². The standard InChI is InChI=1S/C30H40N8O3.C2H6/c1-29(2,3)41-28(40)34-20-10-12-38(13-11-20)17-18-8-7-9-21(14-18)33-26(39)24-22-25(37(6)36-24)23-19(15-30(22,4)5)16-32-27(31)35-23;1-2/h7-9,14,16,20H,10-13,15,17H2,1-6H3,(H,33,39)(H,34,40)(H2,31,32,35);1-2H3. The molecule has 1 fully saturated rings. The highest BCUT2D eigenvalue weighted by molar-refractivity contribution is 6.05. The largest absolute Gasteiger partial charge is 0.444 e. The Morgan fingerprint density at radius 2 is 1.86 bits per heavy atom. The number of carbonyl (C=O) groups is 2. The minimum absolute atomic E-state index is 0.107. The van der Waals surface area contributed by atoms with Crippen LogP contribution in [0.25, 0.3) is 11.4 Å². The Kier molecular flexibility index (Phi) is 9.44. The summed E-state index contributed by atoms with van der Waals surface area (Å²) in [4.78, 5) is 36.7.